The van der Waals surface area contributed by atoms with Gasteiger partial charge in [-0.3, -0.25) is 5.43 Å². The SMILES string of the molecule is Fc1ccc(N=C2NN=C(c3ccc(Cl)c(Cl)c3)CS2)c(F)c1. The molecule has 0 bridgehead atoms. The smallest absolute Gasteiger partial charge is 0.182 e. The van der Waals surface area contributed by atoms with Crippen molar-refractivity contribution in [3.63, 3.8) is 0 Å². The molecule has 3 rings (SSSR count). The van der Waals surface area contributed by atoms with Crippen LogP contribution in [0.2, 0.25) is 10.0 Å². The molecule has 0 amide bonds. The minimum absolute atomic E-state index is 0.0505. The van der Waals surface area contributed by atoms with Crippen LogP contribution in [0.1, 0.15) is 5.56 Å². The molecule has 0 saturated heterocycles. The van der Waals surface area contributed by atoms with Crippen LogP contribution in [0.15, 0.2) is 46.5 Å². The molecule has 118 valence electrons. The number of thioether (sulfide) groups is 1. The minimum atomic E-state index is -0.723. The molecule has 0 aliphatic carbocycles. The van der Waals surface area contributed by atoms with Gasteiger partial charge in [-0.1, -0.05) is 41.0 Å². The van der Waals surface area contributed by atoms with Crippen LogP contribution >= 0.6 is 35.0 Å². The molecule has 0 unspecified atom stereocenters. The van der Waals surface area contributed by atoms with E-state index >= 15 is 0 Å². The number of nitrogens with one attached hydrogen (secondary N) is 1. The second-order valence-electron chi connectivity index (χ2n) is 4.60. The molecule has 23 heavy (non-hydrogen) atoms. The fraction of sp³-hybridized carbons (Fsp3) is 0.0667. The van der Waals surface area contributed by atoms with Crippen molar-refractivity contribution in [1.82, 2.24) is 5.43 Å². The second-order valence-corrected chi connectivity index (χ2v) is 6.38. The Bertz CT molecular complexity index is 824. The fourth-order valence-corrected chi connectivity index (χ4v) is 2.95. The zero-order chi connectivity index (χ0) is 16.4. The zero-order valence-electron chi connectivity index (χ0n) is 11.5. The Morgan fingerprint density at radius 3 is 2.57 bits per heavy atom. The standard InChI is InChI=1S/C15H9Cl2F2N3S/c16-10-3-1-8(5-11(10)17)14-7-23-15(22-21-14)20-13-4-2-9(18)6-12(13)19/h1-6H,7H2,(H,20,22). The molecule has 2 aromatic rings. The van der Waals surface area contributed by atoms with Crippen LogP contribution in [0.25, 0.3) is 0 Å². The topological polar surface area (TPSA) is 36.8 Å². The highest BCUT2D eigenvalue weighted by atomic mass is 35.5. The fourth-order valence-electron chi connectivity index (χ4n) is 1.88. The Kier molecular flexibility index (Phi) is 4.84. The van der Waals surface area contributed by atoms with E-state index in [1.54, 1.807) is 12.1 Å². The molecule has 0 atom stereocenters. The van der Waals surface area contributed by atoms with Gasteiger partial charge in [-0.25, -0.2) is 13.8 Å². The van der Waals surface area contributed by atoms with Crippen LogP contribution in [0.4, 0.5) is 14.5 Å². The Hall–Kier alpha value is -1.63. The molecular weight excluding hydrogens is 363 g/mol. The molecule has 1 aliphatic heterocycles. The molecular formula is C15H9Cl2F2N3S. The number of hydrazone groups is 1. The van der Waals surface area contributed by atoms with E-state index in [9.17, 15) is 8.78 Å². The number of halogens is 4. The third-order valence-electron chi connectivity index (χ3n) is 3.02. The Balaban J connectivity index is 1.79. The van der Waals surface area contributed by atoms with Crippen LogP contribution < -0.4 is 5.43 Å². The van der Waals surface area contributed by atoms with Crippen molar-refractivity contribution in [3.8, 4) is 0 Å². The van der Waals surface area contributed by atoms with Gasteiger partial charge in [0.15, 0.2) is 11.0 Å². The minimum Gasteiger partial charge on any atom is -0.255 e. The van der Waals surface area contributed by atoms with Gasteiger partial charge in [-0.2, -0.15) is 5.10 Å². The summed E-state index contributed by atoms with van der Waals surface area (Å²) in [4.78, 5) is 4.09. The summed E-state index contributed by atoms with van der Waals surface area (Å²) in [6.07, 6.45) is 0. The van der Waals surface area contributed by atoms with Gasteiger partial charge in [0.25, 0.3) is 0 Å². The van der Waals surface area contributed by atoms with E-state index in [1.165, 1.54) is 17.8 Å². The summed E-state index contributed by atoms with van der Waals surface area (Å²) in [5.41, 5.74) is 4.42. The molecule has 3 nitrogen and oxygen atoms in total. The summed E-state index contributed by atoms with van der Waals surface area (Å²) in [6.45, 7) is 0. The van der Waals surface area contributed by atoms with E-state index in [1.807, 2.05) is 6.07 Å². The van der Waals surface area contributed by atoms with Crippen molar-refractivity contribution in [2.24, 2.45) is 10.1 Å². The van der Waals surface area contributed by atoms with E-state index in [4.69, 9.17) is 23.2 Å². The van der Waals surface area contributed by atoms with Gasteiger partial charge in [-0.15, -0.1) is 0 Å². The first-order chi connectivity index (χ1) is 11.0. The van der Waals surface area contributed by atoms with Crippen LogP contribution in [-0.2, 0) is 0 Å². The van der Waals surface area contributed by atoms with E-state index in [0.717, 1.165) is 23.4 Å². The van der Waals surface area contributed by atoms with Crippen molar-refractivity contribution >= 4 is 51.5 Å². The molecule has 0 saturated carbocycles. The highest BCUT2D eigenvalue weighted by Gasteiger charge is 2.15. The predicted molar refractivity (Wildman–Crippen MR) is 92.0 cm³/mol. The lowest BCUT2D eigenvalue weighted by Crippen LogP contribution is -2.25. The van der Waals surface area contributed by atoms with Gasteiger partial charge in [0.2, 0.25) is 0 Å². The number of amidine groups is 1. The largest absolute Gasteiger partial charge is 0.255 e. The monoisotopic (exact) mass is 371 g/mol. The molecule has 0 aromatic heterocycles. The number of aliphatic imine (C=N–C) groups is 1. The van der Waals surface area contributed by atoms with Crippen LogP contribution in [0.3, 0.4) is 0 Å². The lowest BCUT2D eigenvalue weighted by molar-refractivity contribution is 0.585. The molecule has 0 spiro atoms. The zero-order valence-corrected chi connectivity index (χ0v) is 13.8. The van der Waals surface area contributed by atoms with E-state index < -0.39 is 11.6 Å². The van der Waals surface area contributed by atoms with Gasteiger partial charge >= 0.3 is 0 Å². The van der Waals surface area contributed by atoms with Crippen LogP contribution in [0.5, 0.6) is 0 Å². The average molecular weight is 372 g/mol. The van der Waals surface area contributed by atoms with Crippen molar-refractivity contribution in [3.05, 3.63) is 63.6 Å². The molecule has 2 aromatic carbocycles. The Labute approximate surface area is 145 Å². The normalized spacial score (nSPS) is 16.2. The molecule has 1 aliphatic rings. The summed E-state index contributed by atoms with van der Waals surface area (Å²) >= 11 is 13.2. The van der Waals surface area contributed by atoms with Gasteiger partial charge in [0, 0.05) is 17.4 Å². The van der Waals surface area contributed by atoms with Crippen molar-refractivity contribution in [1.29, 1.82) is 0 Å². The highest BCUT2D eigenvalue weighted by molar-refractivity contribution is 8.14. The maximum Gasteiger partial charge on any atom is 0.182 e. The quantitative estimate of drug-likeness (QED) is 0.806. The van der Waals surface area contributed by atoms with E-state index in [0.29, 0.717) is 21.0 Å². The maximum absolute atomic E-state index is 13.6. The number of benzene rings is 2. The number of nitrogens with zero attached hydrogens (tertiary/aromatic N) is 2. The lowest BCUT2D eigenvalue weighted by Gasteiger charge is -2.15. The molecule has 8 heteroatoms. The third kappa shape index (κ3) is 3.83. The van der Waals surface area contributed by atoms with E-state index in [2.05, 4.69) is 15.5 Å². The first-order valence-corrected chi connectivity index (χ1v) is 8.21. The van der Waals surface area contributed by atoms with Crippen molar-refractivity contribution in [2.75, 3.05) is 5.75 Å². The summed E-state index contributed by atoms with van der Waals surface area (Å²) in [6, 6.07) is 8.46. The van der Waals surface area contributed by atoms with Gasteiger partial charge < -0.3 is 0 Å². The summed E-state index contributed by atoms with van der Waals surface area (Å²) in [5, 5.41) is 5.56. The average Bonchev–Trinajstić information content (AvgIpc) is 2.53. The number of hydrogen-bond donors (Lipinski definition) is 1. The molecule has 1 heterocycles. The number of hydrogen-bond acceptors (Lipinski definition) is 3. The van der Waals surface area contributed by atoms with Gasteiger partial charge in [-0.05, 0) is 24.3 Å². The van der Waals surface area contributed by atoms with Crippen LogP contribution in [-0.4, -0.2) is 16.6 Å². The summed E-state index contributed by atoms with van der Waals surface area (Å²) < 4.78 is 26.5. The predicted octanol–water partition coefficient (Wildman–Crippen LogP) is 5.00. The van der Waals surface area contributed by atoms with Gasteiger partial charge in [0.1, 0.15) is 11.5 Å². The molecule has 0 fully saturated rings. The highest BCUT2D eigenvalue weighted by Crippen LogP contribution is 2.25. The summed E-state index contributed by atoms with van der Waals surface area (Å²) in [5.74, 6) is -0.832. The first-order valence-electron chi connectivity index (χ1n) is 6.47. The third-order valence-corrected chi connectivity index (χ3v) is 4.63. The first kappa shape index (κ1) is 16.2. The summed E-state index contributed by atoms with van der Waals surface area (Å²) in [7, 11) is 0. The Morgan fingerprint density at radius 1 is 1.09 bits per heavy atom. The Morgan fingerprint density at radius 2 is 1.91 bits per heavy atom. The van der Waals surface area contributed by atoms with Crippen molar-refractivity contribution in [2.45, 2.75) is 0 Å². The second kappa shape index (κ2) is 6.86. The van der Waals surface area contributed by atoms with E-state index in [-0.39, 0.29) is 5.69 Å². The maximum atomic E-state index is 13.6. The molecule has 0 radical (unpaired) electrons. The molecule has 1 N–H and O–H groups in total. The van der Waals surface area contributed by atoms with Gasteiger partial charge in [0.05, 0.1) is 15.8 Å². The lowest BCUT2D eigenvalue weighted by atomic mass is 10.1. The number of rotatable bonds is 2. The van der Waals surface area contributed by atoms with Crippen LogP contribution in [0, 0.1) is 11.6 Å². The van der Waals surface area contributed by atoms with Crippen molar-refractivity contribution < 1.29 is 8.78 Å².